The average Bonchev–Trinajstić information content (AvgIpc) is 3.25. The second kappa shape index (κ2) is 5.67. The van der Waals surface area contributed by atoms with E-state index in [4.69, 9.17) is 16.3 Å². The highest BCUT2D eigenvalue weighted by Gasteiger charge is 2.54. The molecule has 1 aliphatic carbocycles. The highest BCUT2D eigenvalue weighted by Crippen LogP contribution is 2.56. The number of hydrogen-bond donors (Lipinski definition) is 0. The molecular weight excluding hydrogens is 298 g/mol. The Morgan fingerprint density at radius 1 is 1.27 bits per heavy atom. The van der Waals surface area contributed by atoms with Gasteiger partial charge < -0.3 is 4.74 Å². The molecule has 1 aliphatic rings. The van der Waals surface area contributed by atoms with Crippen molar-refractivity contribution in [2.45, 2.75) is 38.8 Å². The summed E-state index contributed by atoms with van der Waals surface area (Å²) in [6.07, 6.45) is 5.81. The Balaban J connectivity index is 2.08. The van der Waals surface area contributed by atoms with Crippen molar-refractivity contribution in [3.8, 4) is 0 Å². The Labute approximate surface area is 136 Å². The molecule has 0 N–H and O–H groups in total. The molecule has 0 aliphatic heterocycles. The van der Waals surface area contributed by atoms with Gasteiger partial charge in [0.05, 0.1) is 6.54 Å². The van der Waals surface area contributed by atoms with E-state index in [1.807, 2.05) is 16.8 Å². The molecule has 1 saturated carbocycles. The fourth-order valence-electron chi connectivity index (χ4n) is 3.51. The lowest BCUT2D eigenvalue weighted by Gasteiger charge is -2.46. The first-order valence-electron chi connectivity index (χ1n) is 7.63. The standard InChI is InChI=1S/C17H22ClN3O/c1-16(2,13-4-5-13)17(22-3,10-21-12-19-11-20-21)14-6-8-15(18)9-7-14/h6-9,11-13H,4-5,10H2,1-3H3. The van der Waals surface area contributed by atoms with Gasteiger partial charge in [0.2, 0.25) is 0 Å². The Kier molecular flexibility index (Phi) is 4.00. The zero-order chi connectivity index (χ0) is 15.8. The van der Waals surface area contributed by atoms with Gasteiger partial charge in [0, 0.05) is 17.5 Å². The van der Waals surface area contributed by atoms with E-state index in [0.717, 1.165) is 10.6 Å². The van der Waals surface area contributed by atoms with Crippen LogP contribution in [0.2, 0.25) is 5.02 Å². The zero-order valence-electron chi connectivity index (χ0n) is 13.3. The smallest absolute Gasteiger partial charge is 0.137 e. The van der Waals surface area contributed by atoms with Gasteiger partial charge in [-0.1, -0.05) is 37.6 Å². The van der Waals surface area contributed by atoms with Crippen LogP contribution in [0, 0.1) is 11.3 Å². The predicted molar refractivity (Wildman–Crippen MR) is 86.7 cm³/mol. The van der Waals surface area contributed by atoms with Crippen LogP contribution >= 0.6 is 11.6 Å². The van der Waals surface area contributed by atoms with Crippen LogP contribution in [0.1, 0.15) is 32.3 Å². The molecule has 0 spiro atoms. The van der Waals surface area contributed by atoms with Crippen LogP contribution in [0.15, 0.2) is 36.9 Å². The van der Waals surface area contributed by atoms with Gasteiger partial charge in [-0.05, 0) is 36.5 Å². The monoisotopic (exact) mass is 319 g/mol. The zero-order valence-corrected chi connectivity index (χ0v) is 14.0. The van der Waals surface area contributed by atoms with E-state index in [0.29, 0.717) is 12.5 Å². The van der Waals surface area contributed by atoms with E-state index in [1.165, 1.54) is 12.8 Å². The summed E-state index contributed by atoms with van der Waals surface area (Å²) in [5, 5.41) is 5.02. The first-order chi connectivity index (χ1) is 10.5. The van der Waals surface area contributed by atoms with Crippen LogP contribution < -0.4 is 0 Å². The predicted octanol–water partition coefficient (Wildman–Crippen LogP) is 3.91. The highest BCUT2D eigenvalue weighted by molar-refractivity contribution is 6.30. The Hall–Kier alpha value is -1.39. The number of halogens is 1. The van der Waals surface area contributed by atoms with Crippen molar-refractivity contribution < 1.29 is 4.74 Å². The number of hydrogen-bond acceptors (Lipinski definition) is 3. The SMILES string of the molecule is COC(Cn1cncn1)(c1ccc(Cl)cc1)C(C)(C)C1CC1. The molecule has 1 aromatic carbocycles. The van der Waals surface area contributed by atoms with E-state index >= 15 is 0 Å². The maximum atomic E-state index is 6.17. The van der Waals surface area contributed by atoms with E-state index in [1.54, 1.807) is 19.8 Å². The first-order valence-corrected chi connectivity index (χ1v) is 8.01. The molecular formula is C17H22ClN3O. The minimum absolute atomic E-state index is 0.0124. The van der Waals surface area contributed by atoms with E-state index in [9.17, 15) is 0 Å². The summed E-state index contributed by atoms with van der Waals surface area (Å²) in [5.41, 5.74) is 0.653. The summed E-state index contributed by atoms with van der Waals surface area (Å²) in [6.45, 7) is 5.22. The molecule has 1 unspecified atom stereocenters. The van der Waals surface area contributed by atoms with Gasteiger partial charge in [0.1, 0.15) is 18.3 Å². The van der Waals surface area contributed by atoms with Gasteiger partial charge >= 0.3 is 0 Å². The molecule has 1 heterocycles. The summed E-state index contributed by atoms with van der Waals surface area (Å²) in [7, 11) is 1.79. The van der Waals surface area contributed by atoms with Crippen LogP contribution in [0.4, 0.5) is 0 Å². The Morgan fingerprint density at radius 2 is 1.95 bits per heavy atom. The second-order valence-electron chi connectivity index (χ2n) is 6.63. The summed E-state index contributed by atoms with van der Waals surface area (Å²) in [6, 6.07) is 7.98. The van der Waals surface area contributed by atoms with E-state index in [2.05, 4.69) is 36.1 Å². The second-order valence-corrected chi connectivity index (χ2v) is 7.06. The van der Waals surface area contributed by atoms with Gasteiger partial charge in [-0.25, -0.2) is 9.67 Å². The molecule has 5 heteroatoms. The number of rotatable bonds is 6. The molecule has 118 valence electrons. The van der Waals surface area contributed by atoms with Crippen LogP contribution in [0.3, 0.4) is 0 Å². The minimum Gasteiger partial charge on any atom is -0.371 e. The third kappa shape index (κ3) is 2.55. The third-order valence-electron chi connectivity index (χ3n) is 5.15. The van der Waals surface area contributed by atoms with Crippen molar-refractivity contribution in [1.29, 1.82) is 0 Å². The molecule has 1 atom stereocenters. The molecule has 2 aromatic rings. The highest BCUT2D eigenvalue weighted by atomic mass is 35.5. The largest absolute Gasteiger partial charge is 0.371 e. The maximum Gasteiger partial charge on any atom is 0.137 e. The van der Waals surface area contributed by atoms with Crippen molar-refractivity contribution in [1.82, 2.24) is 14.8 Å². The maximum absolute atomic E-state index is 6.17. The van der Waals surface area contributed by atoms with Crippen molar-refractivity contribution in [2.24, 2.45) is 11.3 Å². The van der Waals surface area contributed by atoms with Gasteiger partial charge in [-0.2, -0.15) is 5.10 Å². The number of nitrogens with zero attached hydrogens (tertiary/aromatic N) is 3. The molecule has 0 saturated heterocycles. The van der Waals surface area contributed by atoms with Crippen molar-refractivity contribution in [2.75, 3.05) is 7.11 Å². The third-order valence-corrected chi connectivity index (χ3v) is 5.40. The molecule has 3 rings (SSSR count). The van der Waals surface area contributed by atoms with E-state index in [-0.39, 0.29) is 5.41 Å². The van der Waals surface area contributed by atoms with Crippen LogP contribution in [0.25, 0.3) is 0 Å². The van der Waals surface area contributed by atoms with Gasteiger partial charge in [-0.3, -0.25) is 0 Å². The lowest BCUT2D eigenvalue weighted by Crippen LogP contribution is -2.48. The lowest BCUT2D eigenvalue weighted by molar-refractivity contribution is -0.130. The number of aromatic nitrogens is 3. The number of ether oxygens (including phenoxy) is 1. The molecule has 22 heavy (non-hydrogen) atoms. The fourth-order valence-corrected chi connectivity index (χ4v) is 3.63. The molecule has 0 radical (unpaired) electrons. The van der Waals surface area contributed by atoms with Gasteiger partial charge in [-0.15, -0.1) is 0 Å². The van der Waals surface area contributed by atoms with E-state index < -0.39 is 5.60 Å². The minimum atomic E-state index is -0.466. The molecule has 0 bridgehead atoms. The summed E-state index contributed by atoms with van der Waals surface area (Å²) >= 11 is 6.07. The van der Waals surface area contributed by atoms with Gasteiger partial charge in [0.25, 0.3) is 0 Å². The molecule has 0 amide bonds. The normalized spacial score (nSPS) is 18.2. The Morgan fingerprint density at radius 3 is 2.45 bits per heavy atom. The quantitative estimate of drug-likeness (QED) is 0.810. The topological polar surface area (TPSA) is 39.9 Å². The Bertz CT molecular complexity index is 620. The fraction of sp³-hybridized carbons (Fsp3) is 0.529. The molecule has 4 nitrogen and oxygen atoms in total. The number of benzene rings is 1. The number of methoxy groups -OCH3 is 1. The summed E-state index contributed by atoms with van der Waals surface area (Å²) in [5.74, 6) is 0.659. The summed E-state index contributed by atoms with van der Waals surface area (Å²) in [4.78, 5) is 4.07. The van der Waals surface area contributed by atoms with Crippen LogP contribution in [-0.2, 0) is 16.9 Å². The van der Waals surface area contributed by atoms with Crippen molar-refractivity contribution in [3.05, 3.63) is 47.5 Å². The van der Waals surface area contributed by atoms with Crippen LogP contribution in [-0.4, -0.2) is 21.9 Å². The van der Waals surface area contributed by atoms with Crippen molar-refractivity contribution in [3.63, 3.8) is 0 Å². The summed E-state index contributed by atoms with van der Waals surface area (Å²) < 4.78 is 8.02. The molecule has 1 aromatic heterocycles. The lowest BCUT2D eigenvalue weighted by atomic mass is 9.67. The van der Waals surface area contributed by atoms with Gasteiger partial charge in [0.15, 0.2) is 0 Å². The molecule has 1 fully saturated rings. The first kappa shape index (κ1) is 15.5. The van der Waals surface area contributed by atoms with Crippen LogP contribution in [0.5, 0.6) is 0 Å². The average molecular weight is 320 g/mol. The van der Waals surface area contributed by atoms with Crippen molar-refractivity contribution >= 4 is 11.6 Å².